The van der Waals surface area contributed by atoms with Gasteiger partial charge in [-0.1, -0.05) is 37.6 Å². The zero-order valence-electron chi connectivity index (χ0n) is 16.5. The van der Waals surface area contributed by atoms with Crippen molar-refractivity contribution in [2.24, 2.45) is 0 Å². The Morgan fingerprint density at radius 2 is 2.00 bits per heavy atom. The van der Waals surface area contributed by atoms with E-state index in [2.05, 4.69) is 28.3 Å². The standard InChI is InChI=1S/C24H25N3O2/c1-17(20-10-5-7-13-25-20)8-4-6-14-26-24(28)23-22(18-12-15-29-16-18)19-9-2-3-11-21(19)27-23/h2-3,5,7,9-13,15-17,27H,4,6,8,14H2,1H3,(H,26,28). The fourth-order valence-corrected chi connectivity index (χ4v) is 3.70. The van der Waals surface area contributed by atoms with E-state index in [1.165, 1.54) is 0 Å². The zero-order chi connectivity index (χ0) is 20.1. The lowest BCUT2D eigenvalue weighted by Crippen LogP contribution is -2.25. The van der Waals surface area contributed by atoms with E-state index in [4.69, 9.17) is 4.42 Å². The van der Waals surface area contributed by atoms with Crippen molar-refractivity contribution >= 4 is 16.8 Å². The molecule has 4 rings (SSSR count). The molecule has 3 heterocycles. The highest BCUT2D eigenvalue weighted by Crippen LogP contribution is 2.32. The zero-order valence-corrected chi connectivity index (χ0v) is 16.5. The highest BCUT2D eigenvalue weighted by Gasteiger charge is 2.19. The average molecular weight is 387 g/mol. The van der Waals surface area contributed by atoms with Gasteiger partial charge in [-0.25, -0.2) is 0 Å². The summed E-state index contributed by atoms with van der Waals surface area (Å²) >= 11 is 0. The Balaban J connectivity index is 1.37. The quantitative estimate of drug-likeness (QED) is 0.391. The number of furan rings is 1. The summed E-state index contributed by atoms with van der Waals surface area (Å²) < 4.78 is 5.24. The summed E-state index contributed by atoms with van der Waals surface area (Å²) in [5, 5.41) is 4.08. The minimum Gasteiger partial charge on any atom is -0.472 e. The fraction of sp³-hybridized carbons (Fsp3) is 0.250. The Morgan fingerprint density at radius 3 is 2.79 bits per heavy atom. The second-order valence-electron chi connectivity index (χ2n) is 7.34. The van der Waals surface area contributed by atoms with Crippen molar-refractivity contribution in [3.63, 3.8) is 0 Å². The van der Waals surface area contributed by atoms with E-state index in [1.807, 2.05) is 48.7 Å². The van der Waals surface area contributed by atoms with Crippen LogP contribution in [0.3, 0.4) is 0 Å². The molecule has 0 radical (unpaired) electrons. The number of aromatic amines is 1. The minimum absolute atomic E-state index is 0.0878. The summed E-state index contributed by atoms with van der Waals surface area (Å²) in [7, 11) is 0. The Kier molecular flexibility index (Phi) is 5.75. The van der Waals surface area contributed by atoms with Crippen molar-refractivity contribution in [1.29, 1.82) is 0 Å². The van der Waals surface area contributed by atoms with Gasteiger partial charge in [-0.2, -0.15) is 0 Å². The van der Waals surface area contributed by atoms with Gasteiger partial charge in [0.05, 0.1) is 12.5 Å². The van der Waals surface area contributed by atoms with Crippen LogP contribution < -0.4 is 5.32 Å². The number of aromatic nitrogens is 2. The number of pyridine rings is 1. The molecule has 0 saturated heterocycles. The number of fused-ring (bicyclic) bond motifs is 1. The fourth-order valence-electron chi connectivity index (χ4n) is 3.70. The minimum atomic E-state index is -0.0878. The van der Waals surface area contributed by atoms with Crippen LogP contribution in [0.2, 0.25) is 0 Å². The molecule has 0 spiro atoms. The van der Waals surface area contributed by atoms with Crippen LogP contribution in [0.25, 0.3) is 22.0 Å². The summed E-state index contributed by atoms with van der Waals surface area (Å²) in [6.45, 7) is 2.84. The van der Waals surface area contributed by atoms with Gasteiger partial charge in [-0.05, 0) is 43.0 Å². The van der Waals surface area contributed by atoms with Crippen molar-refractivity contribution in [2.45, 2.75) is 32.1 Å². The molecule has 1 amide bonds. The molecular weight excluding hydrogens is 362 g/mol. The van der Waals surface area contributed by atoms with Crippen molar-refractivity contribution < 1.29 is 9.21 Å². The van der Waals surface area contributed by atoms with Crippen molar-refractivity contribution in [3.05, 3.63) is 78.6 Å². The monoisotopic (exact) mass is 387 g/mol. The number of carbonyl (C=O) groups excluding carboxylic acids is 1. The first-order valence-corrected chi connectivity index (χ1v) is 10.1. The van der Waals surface area contributed by atoms with E-state index in [9.17, 15) is 4.79 Å². The van der Waals surface area contributed by atoms with Gasteiger partial charge in [-0.15, -0.1) is 0 Å². The van der Waals surface area contributed by atoms with Gasteiger partial charge >= 0.3 is 0 Å². The van der Waals surface area contributed by atoms with Crippen molar-refractivity contribution in [3.8, 4) is 11.1 Å². The summed E-state index contributed by atoms with van der Waals surface area (Å²) in [5.74, 6) is 0.337. The van der Waals surface area contributed by atoms with Crippen LogP contribution >= 0.6 is 0 Å². The van der Waals surface area contributed by atoms with Crippen LogP contribution in [0, 0.1) is 0 Å². The molecule has 0 bridgehead atoms. The number of amides is 1. The molecule has 0 aliphatic rings. The Labute approximate surface area is 170 Å². The predicted molar refractivity (Wildman–Crippen MR) is 115 cm³/mol. The Bertz CT molecular complexity index is 1070. The van der Waals surface area contributed by atoms with Gasteiger partial charge in [0.25, 0.3) is 5.91 Å². The molecule has 0 fully saturated rings. The number of benzene rings is 1. The van der Waals surface area contributed by atoms with E-state index in [-0.39, 0.29) is 5.91 Å². The van der Waals surface area contributed by atoms with E-state index in [1.54, 1.807) is 12.5 Å². The van der Waals surface area contributed by atoms with Gasteiger partial charge < -0.3 is 14.7 Å². The predicted octanol–water partition coefficient (Wildman–Crippen LogP) is 5.53. The lowest BCUT2D eigenvalue weighted by molar-refractivity contribution is 0.0949. The highest BCUT2D eigenvalue weighted by molar-refractivity contribution is 6.09. The molecule has 29 heavy (non-hydrogen) atoms. The molecule has 0 aliphatic heterocycles. The maximum absolute atomic E-state index is 12.9. The summed E-state index contributed by atoms with van der Waals surface area (Å²) in [6, 6.07) is 15.8. The van der Waals surface area contributed by atoms with Gasteiger partial charge in [-0.3, -0.25) is 9.78 Å². The van der Waals surface area contributed by atoms with Gasteiger partial charge in [0, 0.05) is 40.5 Å². The van der Waals surface area contributed by atoms with Crippen LogP contribution in [-0.2, 0) is 0 Å². The first-order valence-electron chi connectivity index (χ1n) is 10.1. The Hall–Kier alpha value is -3.34. The number of para-hydroxylation sites is 1. The summed E-state index contributed by atoms with van der Waals surface area (Å²) in [5.41, 5.74) is 4.43. The SMILES string of the molecule is CC(CCCCNC(=O)c1[nH]c2ccccc2c1-c1ccoc1)c1ccccn1. The number of H-pyrrole nitrogens is 1. The molecule has 0 saturated carbocycles. The van der Waals surface area contributed by atoms with Crippen LogP contribution in [0.1, 0.15) is 48.3 Å². The van der Waals surface area contributed by atoms with Crippen LogP contribution in [0.4, 0.5) is 0 Å². The van der Waals surface area contributed by atoms with Gasteiger partial charge in [0.15, 0.2) is 0 Å². The number of nitrogens with one attached hydrogen (secondary N) is 2. The third kappa shape index (κ3) is 4.24. The number of nitrogens with zero attached hydrogens (tertiary/aromatic N) is 1. The molecule has 1 aromatic carbocycles. The van der Waals surface area contributed by atoms with Crippen LogP contribution in [-0.4, -0.2) is 22.4 Å². The van der Waals surface area contributed by atoms with Crippen LogP contribution in [0.15, 0.2) is 71.7 Å². The third-order valence-corrected chi connectivity index (χ3v) is 5.29. The lowest BCUT2D eigenvalue weighted by Gasteiger charge is -2.11. The first-order chi connectivity index (χ1) is 14.2. The number of hydrogen-bond acceptors (Lipinski definition) is 3. The Morgan fingerprint density at radius 1 is 1.14 bits per heavy atom. The second kappa shape index (κ2) is 8.78. The smallest absolute Gasteiger partial charge is 0.268 e. The summed E-state index contributed by atoms with van der Waals surface area (Å²) in [4.78, 5) is 20.6. The first kappa shape index (κ1) is 19.0. The molecule has 0 aliphatic carbocycles. The number of hydrogen-bond donors (Lipinski definition) is 2. The highest BCUT2D eigenvalue weighted by atomic mass is 16.3. The number of unbranched alkanes of at least 4 members (excludes halogenated alkanes) is 1. The normalized spacial score (nSPS) is 12.2. The second-order valence-corrected chi connectivity index (χ2v) is 7.34. The topological polar surface area (TPSA) is 70.9 Å². The number of carbonyl (C=O) groups is 1. The van der Waals surface area contributed by atoms with Gasteiger partial charge in [0.2, 0.25) is 0 Å². The lowest BCUT2D eigenvalue weighted by atomic mass is 10.00. The third-order valence-electron chi connectivity index (χ3n) is 5.29. The molecule has 5 heteroatoms. The van der Waals surface area contributed by atoms with E-state index in [0.29, 0.717) is 18.2 Å². The summed E-state index contributed by atoms with van der Waals surface area (Å²) in [6.07, 6.45) is 8.17. The molecule has 3 aromatic heterocycles. The van der Waals surface area contributed by atoms with Crippen LogP contribution in [0.5, 0.6) is 0 Å². The maximum atomic E-state index is 12.9. The molecule has 2 N–H and O–H groups in total. The van der Waals surface area contributed by atoms with E-state index >= 15 is 0 Å². The van der Waals surface area contributed by atoms with E-state index in [0.717, 1.165) is 47.0 Å². The number of rotatable bonds is 8. The molecule has 148 valence electrons. The maximum Gasteiger partial charge on any atom is 0.268 e. The molecule has 1 unspecified atom stereocenters. The van der Waals surface area contributed by atoms with Gasteiger partial charge in [0.1, 0.15) is 5.69 Å². The molecule has 1 atom stereocenters. The average Bonchev–Trinajstić information content (AvgIpc) is 3.41. The molecule has 5 nitrogen and oxygen atoms in total. The molecular formula is C24H25N3O2. The van der Waals surface area contributed by atoms with Crippen molar-refractivity contribution in [2.75, 3.05) is 6.54 Å². The van der Waals surface area contributed by atoms with E-state index < -0.39 is 0 Å². The molecule has 4 aromatic rings. The largest absolute Gasteiger partial charge is 0.472 e. The van der Waals surface area contributed by atoms with Crippen molar-refractivity contribution in [1.82, 2.24) is 15.3 Å².